The van der Waals surface area contributed by atoms with Crippen LogP contribution in [-0.4, -0.2) is 43.7 Å². The lowest BCUT2D eigenvalue weighted by atomic mass is 9.92. The quantitative estimate of drug-likeness (QED) is 0.318. The molecule has 1 saturated heterocycles. The minimum atomic E-state index is -1.34. The van der Waals surface area contributed by atoms with Gasteiger partial charge in [-0.1, -0.05) is 60.7 Å². The van der Waals surface area contributed by atoms with Gasteiger partial charge in [0, 0.05) is 18.0 Å². The van der Waals surface area contributed by atoms with Crippen LogP contribution in [0.25, 0.3) is 0 Å². The van der Waals surface area contributed by atoms with Crippen LogP contribution in [0, 0.1) is 6.92 Å². The van der Waals surface area contributed by atoms with Crippen molar-refractivity contribution in [2.45, 2.75) is 44.2 Å². The zero-order valence-electron chi connectivity index (χ0n) is 20.2. The van der Waals surface area contributed by atoms with E-state index in [4.69, 9.17) is 14.2 Å². The largest absolute Gasteiger partial charge is 0.386 e. The topological polar surface area (TPSA) is 131 Å². The van der Waals surface area contributed by atoms with Crippen LogP contribution in [0.4, 0.5) is 0 Å². The number of ether oxygens (including phenoxy) is 3. The van der Waals surface area contributed by atoms with Crippen LogP contribution >= 0.6 is 0 Å². The van der Waals surface area contributed by atoms with Crippen molar-refractivity contribution in [1.29, 1.82) is 0 Å². The number of rotatable bonds is 9. The summed E-state index contributed by atoms with van der Waals surface area (Å²) in [6.45, 7) is 2.05. The number of aromatic nitrogens is 4. The first-order chi connectivity index (χ1) is 18.0. The van der Waals surface area contributed by atoms with E-state index >= 15 is 0 Å². The molecular weight excluding hydrogens is 476 g/mol. The monoisotopic (exact) mass is 504 g/mol. The number of aliphatic hydroxyl groups excluding tert-OH is 1. The van der Waals surface area contributed by atoms with Crippen molar-refractivity contribution in [2.75, 3.05) is 6.61 Å². The summed E-state index contributed by atoms with van der Waals surface area (Å²) in [5, 5.41) is 18.5. The number of nitrogens with one attached hydrogen (secondary N) is 2. The highest BCUT2D eigenvalue weighted by Gasteiger charge is 2.58. The first-order valence-electron chi connectivity index (χ1n) is 11.9. The second kappa shape index (κ2) is 10.7. The fraction of sp³-hybridized carbons (Fsp3) is 0.296. The molecule has 2 aromatic carbocycles. The van der Waals surface area contributed by atoms with Crippen molar-refractivity contribution < 1.29 is 19.3 Å². The zero-order valence-corrected chi connectivity index (χ0v) is 20.2. The highest BCUT2D eigenvalue weighted by molar-refractivity contribution is 5.20. The van der Waals surface area contributed by atoms with Gasteiger partial charge in [-0.15, -0.1) is 0 Å². The highest BCUT2D eigenvalue weighted by atomic mass is 16.6. The molecule has 0 saturated carbocycles. The summed E-state index contributed by atoms with van der Waals surface area (Å²) in [5.74, 6) is 0. The van der Waals surface area contributed by atoms with Gasteiger partial charge in [-0.3, -0.25) is 19.4 Å². The minimum Gasteiger partial charge on any atom is -0.386 e. The van der Waals surface area contributed by atoms with E-state index in [9.17, 15) is 14.7 Å². The van der Waals surface area contributed by atoms with Crippen molar-refractivity contribution in [2.24, 2.45) is 0 Å². The van der Waals surface area contributed by atoms with E-state index in [-0.39, 0.29) is 13.2 Å². The van der Waals surface area contributed by atoms with Crippen molar-refractivity contribution in [3.8, 4) is 0 Å². The van der Waals surface area contributed by atoms with Crippen LogP contribution < -0.4 is 11.2 Å². The molecular formula is C27H28N4O6. The predicted molar refractivity (Wildman–Crippen MR) is 134 cm³/mol. The Morgan fingerprint density at radius 2 is 1.70 bits per heavy atom. The van der Waals surface area contributed by atoms with E-state index in [2.05, 4.69) is 15.2 Å². The second-order valence-electron chi connectivity index (χ2n) is 9.03. The molecule has 1 aliphatic heterocycles. The fourth-order valence-corrected chi connectivity index (χ4v) is 4.56. The van der Waals surface area contributed by atoms with Crippen LogP contribution in [0.2, 0.25) is 0 Å². The van der Waals surface area contributed by atoms with E-state index in [1.807, 2.05) is 60.7 Å². The molecule has 0 bridgehead atoms. The molecule has 3 heterocycles. The Morgan fingerprint density at radius 3 is 2.35 bits per heavy atom. The summed E-state index contributed by atoms with van der Waals surface area (Å²) in [6, 6.07) is 20.9. The number of benzene rings is 2. The standard InChI is InChI=1S/C27H28N4O6/c1-18-14-31(26(34)29-24(18)33)25-22(32)23(36-16-20-10-6-3-7-11-20)27(37-25,21-12-13-28-30-21)17-35-15-19-8-4-2-5-9-19/h2-14,22-23,25,32H,15-17H2,1H3,(H,28,30)(H,29,33,34)/t22?,23-,25-,27+/m1/s1. The zero-order chi connectivity index (χ0) is 25.8. The maximum atomic E-state index is 12.7. The molecule has 1 aliphatic rings. The normalized spacial score (nSPS) is 23.4. The molecule has 3 N–H and O–H groups in total. The average Bonchev–Trinajstić information content (AvgIpc) is 3.54. The maximum absolute atomic E-state index is 12.7. The molecule has 192 valence electrons. The van der Waals surface area contributed by atoms with E-state index in [0.29, 0.717) is 17.9 Å². The third kappa shape index (κ3) is 5.05. The van der Waals surface area contributed by atoms with Gasteiger partial charge in [0.2, 0.25) is 0 Å². The first-order valence-corrected chi connectivity index (χ1v) is 11.9. The molecule has 0 amide bonds. The maximum Gasteiger partial charge on any atom is 0.330 e. The molecule has 10 heteroatoms. The molecule has 0 radical (unpaired) electrons. The van der Waals surface area contributed by atoms with Gasteiger partial charge in [-0.2, -0.15) is 5.10 Å². The van der Waals surface area contributed by atoms with Crippen molar-refractivity contribution in [3.05, 3.63) is 122 Å². The summed E-state index contributed by atoms with van der Waals surface area (Å²) in [4.78, 5) is 27.0. The second-order valence-corrected chi connectivity index (χ2v) is 9.03. The van der Waals surface area contributed by atoms with Gasteiger partial charge in [0.15, 0.2) is 11.8 Å². The van der Waals surface area contributed by atoms with Gasteiger partial charge in [0.1, 0.15) is 12.2 Å². The number of hydrogen-bond acceptors (Lipinski definition) is 7. The SMILES string of the molecule is Cc1cn([C@@H]2O[C@@](COCc3ccccc3)(c3ccn[nH]3)[C@H](OCc3ccccc3)C2O)c(=O)[nH]c1=O. The Labute approximate surface area is 212 Å². The molecule has 5 rings (SSSR count). The summed E-state index contributed by atoms with van der Waals surface area (Å²) in [7, 11) is 0. The molecule has 4 atom stereocenters. The molecule has 2 aromatic heterocycles. The lowest BCUT2D eigenvalue weighted by Crippen LogP contribution is -2.46. The van der Waals surface area contributed by atoms with Gasteiger partial charge in [-0.05, 0) is 24.1 Å². The number of H-pyrrole nitrogens is 2. The van der Waals surface area contributed by atoms with Crippen molar-refractivity contribution in [1.82, 2.24) is 19.7 Å². The number of aryl methyl sites for hydroxylation is 1. The van der Waals surface area contributed by atoms with Crippen LogP contribution in [0.5, 0.6) is 0 Å². The molecule has 0 aliphatic carbocycles. The van der Waals surface area contributed by atoms with Gasteiger partial charge in [0.05, 0.1) is 25.5 Å². The number of hydrogen-bond donors (Lipinski definition) is 3. The van der Waals surface area contributed by atoms with Gasteiger partial charge >= 0.3 is 5.69 Å². The van der Waals surface area contributed by atoms with Crippen molar-refractivity contribution >= 4 is 0 Å². The van der Waals surface area contributed by atoms with Gasteiger partial charge in [0.25, 0.3) is 5.56 Å². The van der Waals surface area contributed by atoms with Crippen molar-refractivity contribution in [3.63, 3.8) is 0 Å². The lowest BCUT2D eigenvalue weighted by Gasteiger charge is -2.33. The minimum absolute atomic E-state index is 0.00576. The lowest BCUT2D eigenvalue weighted by molar-refractivity contribution is -0.165. The Hall–Kier alpha value is -3.83. The summed E-state index contributed by atoms with van der Waals surface area (Å²) in [6.07, 6.45) is -0.449. The van der Waals surface area contributed by atoms with Gasteiger partial charge < -0.3 is 19.3 Å². The molecule has 1 fully saturated rings. The number of nitrogens with zero attached hydrogens (tertiary/aromatic N) is 2. The van der Waals surface area contributed by atoms with Crippen LogP contribution in [0.3, 0.4) is 0 Å². The number of aromatic amines is 2. The van der Waals surface area contributed by atoms with E-state index < -0.39 is 35.3 Å². The Morgan fingerprint density at radius 1 is 1.03 bits per heavy atom. The van der Waals surface area contributed by atoms with Gasteiger partial charge in [-0.25, -0.2) is 4.79 Å². The molecule has 37 heavy (non-hydrogen) atoms. The number of aliphatic hydroxyl groups is 1. The Balaban J connectivity index is 1.52. The summed E-state index contributed by atoms with van der Waals surface area (Å²) in [5.41, 5.74) is 0.147. The smallest absolute Gasteiger partial charge is 0.330 e. The third-order valence-electron chi connectivity index (χ3n) is 6.47. The summed E-state index contributed by atoms with van der Waals surface area (Å²) < 4.78 is 20.1. The molecule has 1 unspecified atom stereocenters. The van der Waals surface area contributed by atoms with Crippen LogP contribution in [0.1, 0.15) is 28.6 Å². The fourth-order valence-electron chi connectivity index (χ4n) is 4.56. The third-order valence-corrected chi connectivity index (χ3v) is 6.47. The van der Waals surface area contributed by atoms with E-state index in [0.717, 1.165) is 11.1 Å². The van der Waals surface area contributed by atoms with Crippen LogP contribution in [-0.2, 0) is 33.0 Å². The molecule has 4 aromatic rings. The Kier molecular flexibility index (Phi) is 7.15. The highest BCUT2D eigenvalue weighted by Crippen LogP contribution is 2.45. The molecule has 10 nitrogen and oxygen atoms in total. The average molecular weight is 505 g/mol. The first kappa shape index (κ1) is 24.8. The summed E-state index contributed by atoms with van der Waals surface area (Å²) >= 11 is 0. The van der Waals surface area contributed by atoms with E-state index in [1.54, 1.807) is 19.2 Å². The predicted octanol–water partition coefficient (Wildman–Crippen LogP) is 2.16. The Bertz CT molecular complexity index is 1420. The van der Waals surface area contributed by atoms with Crippen LogP contribution in [0.15, 0.2) is 88.7 Å². The van der Waals surface area contributed by atoms with E-state index in [1.165, 1.54) is 10.8 Å². The molecule has 0 spiro atoms.